The number of hydrogen-bond acceptors (Lipinski definition) is 28. The van der Waals surface area contributed by atoms with Gasteiger partial charge in [0.1, 0.15) is 104 Å². The number of rotatable bonds is 20. The molecule has 3 amide bonds. The molecule has 31 unspecified atom stereocenters. The molecule has 0 aromatic heterocycles. The second-order valence-corrected chi connectivity index (χ2v) is 29.3. The van der Waals surface area contributed by atoms with Crippen LogP contribution in [0.15, 0.2) is 0 Å². The van der Waals surface area contributed by atoms with E-state index in [4.69, 9.17) is 146 Å². The number of aliphatic hydroxyl groups is 11. The van der Waals surface area contributed by atoms with Crippen LogP contribution in [0.2, 0.25) is 0 Å². The van der Waals surface area contributed by atoms with E-state index in [1.165, 1.54) is 35.4 Å². The number of halogens is 6. The zero-order chi connectivity index (χ0) is 72.1. The van der Waals surface area contributed by atoms with Gasteiger partial charge >= 0.3 is 105 Å². The summed E-state index contributed by atoms with van der Waals surface area (Å²) < 4.78 is 73.4. The van der Waals surface area contributed by atoms with Gasteiger partial charge in [0.2, 0.25) is 11.8 Å². The van der Waals surface area contributed by atoms with Crippen LogP contribution in [0.4, 0.5) is 0 Å². The van der Waals surface area contributed by atoms with Gasteiger partial charge in [-0.2, -0.15) is 0 Å². The summed E-state index contributed by atoms with van der Waals surface area (Å²) in [5.41, 5.74) is 22.0. The van der Waals surface area contributed by atoms with E-state index >= 15 is 0 Å². The van der Waals surface area contributed by atoms with Gasteiger partial charge in [-0.15, -0.1) is 6.54 Å². The van der Waals surface area contributed by atoms with E-state index in [1.807, 2.05) is 0 Å². The van der Waals surface area contributed by atoms with E-state index in [-0.39, 0.29) is 73.2 Å². The van der Waals surface area contributed by atoms with Crippen LogP contribution < -0.4 is 16.4 Å². The minimum atomic E-state index is -1.85. The van der Waals surface area contributed by atoms with E-state index in [9.17, 15) is 60.3 Å². The molecule has 17 N–H and O–H groups in total. The van der Waals surface area contributed by atoms with Crippen LogP contribution in [0.3, 0.4) is 0 Å². The van der Waals surface area contributed by atoms with Gasteiger partial charge in [-0.05, 0) is 19.9 Å². The summed E-state index contributed by atoms with van der Waals surface area (Å²) in [7, 11) is 34.4. The molecule has 7 rings (SSSR count). The first-order valence-electron chi connectivity index (χ1n) is 29.3. The quantitative estimate of drug-likeness (QED) is 0.0575. The molecule has 7 fully saturated rings. The molecule has 7 aliphatic rings. The van der Waals surface area contributed by atoms with Crippen molar-refractivity contribution in [1.82, 2.24) is 10.6 Å². The number of nitrogens with zero attached hydrogens (tertiary/aromatic N) is 2. The van der Waals surface area contributed by atoms with E-state index in [1.54, 1.807) is 20.8 Å². The van der Waals surface area contributed by atoms with Gasteiger partial charge in [0.15, 0.2) is 12.6 Å². The summed E-state index contributed by atoms with van der Waals surface area (Å²) in [5, 5.41) is 126. The average Bonchev–Trinajstić information content (AvgIpc) is 0.876. The van der Waals surface area contributed by atoms with E-state index in [0.29, 0.717) is 19.4 Å². The Kier molecular flexibility index (Phi) is 46.7. The monoisotopic (exact) mass is 1780 g/mol. The number of carbonyl (C=O) groups excluding carboxylic acids is 3. The van der Waals surface area contributed by atoms with Crippen LogP contribution in [-0.4, -0.2) is 332 Å². The van der Waals surface area contributed by atoms with Gasteiger partial charge < -0.3 is 161 Å². The van der Waals surface area contributed by atoms with Crippen molar-refractivity contribution in [3.8, 4) is 0 Å². The van der Waals surface area contributed by atoms with Crippen LogP contribution in [0, 0.1) is 5.92 Å². The molecule has 7 heterocycles. The number of methoxy groups -OCH3 is 4. The van der Waals surface area contributed by atoms with Crippen molar-refractivity contribution >= 4 is 74.9 Å². The summed E-state index contributed by atoms with van der Waals surface area (Å²) in [6, 6.07) is -7.42. The van der Waals surface area contributed by atoms with Crippen molar-refractivity contribution in [2.45, 2.75) is 231 Å². The number of hydrogen-bond donors (Lipinski definition) is 14. The fourth-order valence-corrected chi connectivity index (χ4v) is 11.5. The Morgan fingerprint density at radius 2 is 0.884 bits per heavy atom. The maximum atomic E-state index is 13.2. The molecule has 0 spiro atoms. The molecular weight excluding hydrogens is 1690 g/mol. The summed E-state index contributed by atoms with van der Waals surface area (Å²) in [4.78, 5) is 37.6. The average molecular weight is 1780 g/mol. The standard InChI is InChI=1S/C36H61N5O19.C8H17NO4.C8H16NO4.6ClH.3Pd/c1-13-17(9-42)54-36(24(28(13)52-4)41-32(51)16-7-6-8-38-16)60-31-20(12-45)57-35(23(27(31)50)40-15(3)47)59-29-18(10-43)55-33(21(37)25(29)48)58-30-19(11-44)56-34(53-5)22(26(30)49)39-14(2)46;2*1-4-6(9)7(11)8(12-2)5(3-10)13-4;;;;;;;;;/h13,16-31,33-37,42-45,48-50H,6-12H2,1-5H3,(H3,39,40,41,46,47,51);4-8,10-11H,3,9H2,1-2H3;4-11H,3H2,1-2H3;6*1H;;;/q-2;;-1;;;;;;;3*+2/p-7. The zero-order valence-corrected chi connectivity index (χ0v) is 62.1. The number of amides is 3. The van der Waals surface area contributed by atoms with Gasteiger partial charge in [0, 0.05) is 60.2 Å². The Morgan fingerprint density at radius 3 is 1.31 bits per heavy atom. The number of nitrogens with one attached hydrogen (secondary N) is 4. The SMILES string of the molecule is COC1C(CO)OC(C)C(N)C1O.COC1C(CO)OC(C)C([NH-])C1O.COC1OC(CO)C(OC2OC(CO)C(OC3OC(CO)C(OC4OC(CO)C(C)C(OC)C4[N-]C(=O)C4CCC[N-]4)C(O)C3NC(C)=O)C(O)C2[NH-])C(O)C1NC(C)=O.[Cl][Pd][Cl].[Cl][Pd][Cl].[Cl][Pd][Cl]. The fraction of sp³-hybridized carbons (Fsp3) is 0.942. The Balaban J connectivity index is 0.000000707. The van der Waals surface area contributed by atoms with Crippen LogP contribution >= 0.6 is 57.2 Å². The topological polar surface area (TPSA) is 520 Å². The van der Waals surface area contributed by atoms with Crippen LogP contribution in [0.25, 0.3) is 22.1 Å². The number of ether oxygens (including phenoxy) is 13. The number of nitrogens with two attached hydrogens (primary N) is 1. The summed E-state index contributed by atoms with van der Waals surface area (Å²) in [6.07, 6.45) is -25.0. The van der Waals surface area contributed by atoms with Gasteiger partial charge in [0.05, 0.1) is 76.2 Å². The molecular formula is C52H93Cl6N7O27Pd3-4. The van der Waals surface area contributed by atoms with Crippen molar-refractivity contribution in [2.24, 2.45) is 11.7 Å². The van der Waals surface area contributed by atoms with Crippen LogP contribution in [0.5, 0.6) is 0 Å². The first-order valence-corrected chi connectivity index (χ1v) is 41.3. The van der Waals surface area contributed by atoms with Gasteiger partial charge in [-0.3, -0.25) is 9.59 Å². The molecule has 7 aliphatic heterocycles. The third-order valence-corrected chi connectivity index (χ3v) is 16.3. The van der Waals surface area contributed by atoms with Crippen molar-refractivity contribution in [2.75, 3.05) is 74.6 Å². The van der Waals surface area contributed by atoms with Crippen molar-refractivity contribution < 1.29 is 180 Å². The van der Waals surface area contributed by atoms with E-state index < -0.39 is 221 Å². The second kappa shape index (κ2) is 48.2. The first-order chi connectivity index (χ1) is 45.1. The Hall–Kier alpha value is 1.02. The molecule has 0 radical (unpaired) electrons. The van der Waals surface area contributed by atoms with Gasteiger partial charge in [-0.1, -0.05) is 37.9 Å². The third-order valence-electron chi connectivity index (χ3n) is 16.3. The van der Waals surface area contributed by atoms with Crippen molar-refractivity contribution in [3.05, 3.63) is 22.1 Å². The zero-order valence-electron chi connectivity index (χ0n) is 52.9. The normalized spacial score (nSPS) is 41.7. The van der Waals surface area contributed by atoms with Gasteiger partial charge in [0.25, 0.3) is 0 Å². The van der Waals surface area contributed by atoms with Crippen LogP contribution in [-0.2, 0) is 124 Å². The molecule has 95 heavy (non-hydrogen) atoms. The molecule has 0 aromatic carbocycles. The van der Waals surface area contributed by atoms with E-state index in [2.05, 4.69) is 21.3 Å². The summed E-state index contributed by atoms with van der Waals surface area (Å²) in [5.74, 6) is -2.24. The number of carbonyl (C=O) groups is 3. The predicted molar refractivity (Wildman–Crippen MR) is 327 cm³/mol. The molecule has 574 valence electrons. The minimum absolute atomic E-state index is 0.106. The molecule has 0 saturated carbocycles. The Labute approximate surface area is 600 Å². The van der Waals surface area contributed by atoms with Crippen LogP contribution in [0.1, 0.15) is 47.5 Å². The second-order valence-electron chi connectivity index (χ2n) is 22.2. The van der Waals surface area contributed by atoms with Gasteiger partial charge in [-0.25, -0.2) is 0 Å². The maximum absolute atomic E-state index is 13.2. The molecule has 43 heteroatoms. The molecule has 7 saturated heterocycles. The molecule has 34 nitrogen and oxygen atoms in total. The molecule has 31 atom stereocenters. The first kappa shape index (κ1) is 92.1. The van der Waals surface area contributed by atoms with Crippen molar-refractivity contribution in [3.63, 3.8) is 0 Å². The third kappa shape index (κ3) is 26.5. The van der Waals surface area contributed by atoms with Crippen molar-refractivity contribution in [1.29, 1.82) is 0 Å². The fourth-order valence-electron chi connectivity index (χ4n) is 11.5. The molecule has 0 aromatic rings. The van der Waals surface area contributed by atoms with E-state index in [0.717, 1.165) is 6.92 Å². The Morgan fingerprint density at radius 1 is 0.516 bits per heavy atom. The summed E-state index contributed by atoms with van der Waals surface area (Å²) in [6.45, 7) is 4.83. The number of aliphatic hydroxyl groups excluding tert-OH is 11. The predicted octanol–water partition coefficient (Wildman–Crippen LogP) is -2.21. The Bertz CT molecular complexity index is 2090. The summed E-state index contributed by atoms with van der Waals surface area (Å²) >= 11 is -0.317. The molecule has 0 bridgehead atoms. The molecule has 0 aliphatic carbocycles.